The van der Waals surface area contributed by atoms with Gasteiger partial charge in [-0.1, -0.05) is 12.5 Å². The van der Waals surface area contributed by atoms with Gasteiger partial charge in [-0.05, 0) is 48.7 Å². The number of rotatable bonds is 5. The molecule has 2 aliphatic heterocycles. The maximum atomic E-state index is 12.8. The Balaban J connectivity index is 1.21. The first-order valence-electron chi connectivity index (χ1n) is 10.9. The van der Waals surface area contributed by atoms with Crippen LogP contribution in [0.15, 0.2) is 41.2 Å². The van der Waals surface area contributed by atoms with Crippen molar-refractivity contribution in [3.05, 3.63) is 63.7 Å². The number of hydrogen-bond acceptors (Lipinski definition) is 7. The zero-order chi connectivity index (χ0) is 22.8. The van der Waals surface area contributed by atoms with Crippen LogP contribution in [0, 0.1) is 0 Å². The van der Waals surface area contributed by atoms with E-state index in [4.69, 9.17) is 14.2 Å². The second-order valence-electron chi connectivity index (χ2n) is 8.07. The average Bonchev–Trinajstić information content (AvgIpc) is 3.17. The number of carbonyl (C=O) groups is 2. The van der Waals surface area contributed by atoms with Gasteiger partial charge in [-0.15, -0.1) is 0 Å². The van der Waals surface area contributed by atoms with Crippen LogP contribution in [0.3, 0.4) is 0 Å². The van der Waals surface area contributed by atoms with E-state index < -0.39 is 18.5 Å². The predicted octanol–water partition coefficient (Wildman–Crippen LogP) is 2.32. The Labute approximate surface area is 189 Å². The molecule has 0 atom stereocenters. The van der Waals surface area contributed by atoms with Crippen molar-refractivity contribution < 1.29 is 23.8 Å². The molecule has 3 aromatic rings. The van der Waals surface area contributed by atoms with Gasteiger partial charge in [-0.25, -0.2) is 9.78 Å². The summed E-state index contributed by atoms with van der Waals surface area (Å²) >= 11 is 0. The van der Waals surface area contributed by atoms with Crippen LogP contribution in [-0.2, 0) is 29.0 Å². The fraction of sp³-hybridized carbons (Fsp3) is 0.333. The molecule has 9 heteroatoms. The molecule has 0 saturated heterocycles. The molecule has 0 fully saturated rings. The lowest BCUT2D eigenvalue weighted by Crippen LogP contribution is -2.28. The summed E-state index contributed by atoms with van der Waals surface area (Å²) in [6.07, 6.45) is 3.75. The molecule has 0 bridgehead atoms. The van der Waals surface area contributed by atoms with Crippen LogP contribution in [0.5, 0.6) is 11.5 Å². The van der Waals surface area contributed by atoms with Gasteiger partial charge in [0.2, 0.25) is 6.79 Å². The number of benzene rings is 2. The molecule has 33 heavy (non-hydrogen) atoms. The number of nitrogens with zero attached hydrogens (tertiary/aromatic N) is 2. The Morgan fingerprint density at radius 2 is 1.94 bits per heavy atom. The number of amides is 1. The van der Waals surface area contributed by atoms with Gasteiger partial charge in [-0.3, -0.25) is 14.2 Å². The Morgan fingerprint density at radius 3 is 2.85 bits per heavy atom. The van der Waals surface area contributed by atoms with Crippen LogP contribution in [0.25, 0.3) is 10.9 Å². The van der Waals surface area contributed by atoms with E-state index in [-0.39, 0.29) is 24.5 Å². The summed E-state index contributed by atoms with van der Waals surface area (Å²) in [5.41, 5.74) is 1.47. The number of fused-ring (bicyclic) bond motifs is 3. The van der Waals surface area contributed by atoms with E-state index in [2.05, 4.69) is 10.3 Å². The van der Waals surface area contributed by atoms with Crippen molar-refractivity contribution >= 4 is 22.8 Å². The van der Waals surface area contributed by atoms with Gasteiger partial charge < -0.3 is 19.5 Å². The molecule has 5 rings (SSSR count). The molecule has 1 amide bonds. The van der Waals surface area contributed by atoms with E-state index in [1.807, 2.05) is 6.07 Å². The Kier molecular flexibility index (Phi) is 5.68. The molecule has 1 N–H and O–H groups in total. The van der Waals surface area contributed by atoms with Crippen LogP contribution in [0.4, 0.5) is 0 Å². The molecule has 0 saturated carbocycles. The standard InChI is InChI=1S/C24H23N3O6/c28-22(25-12-15-5-8-19-20(10-15)33-14-32-19)13-31-24(30)16-6-7-17-18(11-16)26-21-4-2-1-3-9-27(21)23(17)29/h5-8,10-11H,1-4,9,12-14H2,(H,25,28). The number of nitrogens with one attached hydrogen (secondary N) is 1. The minimum absolute atomic E-state index is 0.0836. The number of esters is 1. The van der Waals surface area contributed by atoms with Crippen molar-refractivity contribution in [2.45, 2.75) is 38.8 Å². The van der Waals surface area contributed by atoms with Crippen molar-refractivity contribution in [2.75, 3.05) is 13.4 Å². The third-order valence-corrected chi connectivity index (χ3v) is 5.81. The van der Waals surface area contributed by atoms with Gasteiger partial charge in [0.1, 0.15) is 5.82 Å². The highest BCUT2D eigenvalue weighted by molar-refractivity contribution is 5.95. The smallest absolute Gasteiger partial charge is 0.338 e. The van der Waals surface area contributed by atoms with Gasteiger partial charge >= 0.3 is 5.97 Å². The minimum atomic E-state index is -0.646. The van der Waals surface area contributed by atoms with Crippen LogP contribution < -0.4 is 20.3 Å². The summed E-state index contributed by atoms with van der Waals surface area (Å²) in [5.74, 6) is 0.978. The molecule has 0 spiro atoms. The molecule has 9 nitrogen and oxygen atoms in total. The topological polar surface area (TPSA) is 109 Å². The fourth-order valence-corrected chi connectivity index (χ4v) is 4.06. The molecule has 2 aromatic carbocycles. The van der Waals surface area contributed by atoms with Crippen molar-refractivity contribution in [1.82, 2.24) is 14.9 Å². The summed E-state index contributed by atoms with van der Waals surface area (Å²) in [5, 5.41) is 3.18. The van der Waals surface area contributed by atoms with E-state index in [1.54, 1.807) is 28.8 Å². The second-order valence-corrected chi connectivity index (χ2v) is 8.07. The largest absolute Gasteiger partial charge is 0.454 e. The lowest BCUT2D eigenvalue weighted by atomic mass is 10.1. The van der Waals surface area contributed by atoms with E-state index in [9.17, 15) is 14.4 Å². The summed E-state index contributed by atoms with van der Waals surface area (Å²) < 4.78 is 17.5. The maximum absolute atomic E-state index is 12.8. The van der Waals surface area contributed by atoms with E-state index >= 15 is 0 Å². The number of aryl methyl sites for hydroxylation is 1. The van der Waals surface area contributed by atoms with E-state index in [1.165, 1.54) is 6.07 Å². The highest BCUT2D eigenvalue weighted by Gasteiger charge is 2.17. The lowest BCUT2D eigenvalue weighted by molar-refractivity contribution is -0.124. The minimum Gasteiger partial charge on any atom is -0.454 e. The third kappa shape index (κ3) is 4.39. The van der Waals surface area contributed by atoms with Crippen molar-refractivity contribution in [3.8, 4) is 11.5 Å². The van der Waals surface area contributed by atoms with Crippen molar-refractivity contribution in [3.63, 3.8) is 0 Å². The predicted molar refractivity (Wildman–Crippen MR) is 118 cm³/mol. The normalized spacial score (nSPS) is 14.4. The Bertz CT molecular complexity index is 1300. The highest BCUT2D eigenvalue weighted by Crippen LogP contribution is 2.32. The molecular weight excluding hydrogens is 426 g/mol. The van der Waals surface area contributed by atoms with Gasteiger partial charge in [0.25, 0.3) is 11.5 Å². The van der Waals surface area contributed by atoms with Crippen LogP contribution in [0.1, 0.15) is 41.0 Å². The quantitative estimate of drug-likeness (QED) is 0.596. The molecule has 170 valence electrons. The summed E-state index contributed by atoms with van der Waals surface area (Å²) in [4.78, 5) is 42.0. The SMILES string of the molecule is O=C(COC(=O)c1ccc2c(=O)n3c(nc2c1)CCCCC3)NCc1ccc2c(c1)OCO2. The molecule has 3 heterocycles. The number of ether oxygens (including phenoxy) is 3. The van der Waals surface area contributed by atoms with Gasteiger partial charge in [-0.2, -0.15) is 0 Å². The molecule has 2 aliphatic rings. The summed E-state index contributed by atoms with van der Waals surface area (Å²) in [6, 6.07) is 10.1. The first-order chi connectivity index (χ1) is 16.1. The molecule has 0 unspecified atom stereocenters. The average molecular weight is 449 g/mol. The first-order valence-corrected chi connectivity index (χ1v) is 10.9. The maximum Gasteiger partial charge on any atom is 0.338 e. The van der Waals surface area contributed by atoms with E-state index in [0.29, 0.717) is 28.9 Å². The fourth-order valence-electron chi connectivity index (χ4n) is 4.06. The Morgan fingerprint density at radius 1 is 1.06 bits per heavy atom. The second kappa shape index (κ2) is 8.93. The highest BCUT2D eigenvalue weighted by atomic mass is 16.7. The number of aromatic nitrogens is 2. The zero-order valence-corrected chi connectivity index (χ0v) is 18.0. The summed E-state index contributed by atoms with van der Waals surface area (Å²) in [6.45, 7) is 0.703. The van der Waals surface area contributed by atoms with Crippen LogP contribution >= 0.6 is 0 Å². The van der Waals surface area contributed by atoms with Crippen molar-refractivity contribution in [1.29, 1.82) is 0 Å². The number of carbonyl (C=O) groups excluding carboxylic acids is 2. The zero-order valence-electron chi connectivity index (χ0n) is 18.0. The summed E-state index contributed by atoms with van der Waals surface area (Å²) in [7, 11) is 0. The Hall–Kier alpha value is -3.88. The van der Waals surface area contributed by atoms with Crippen molar-refractivity contribution in [2.24, 2.45) is 0 Å². The first kappa shape index (κ1) is 21.0. The lowest BCUT2D eigenvalue weighted by Gasteiger charge is -2.11. The number of hydrogen-bond donors (Lipinski definition) is 1. The molecular formula is C24H23N3O6. The molecule has 0 radical (unpaired) electrons. The molecule has 0 aliphatic carbocycles. The van der Waals surface area contributed by atoms with Gasteiger partial charge in [0.05, 0.1) is 16.5 Å². The third-order valence-electron chi connectivity index (χ3n) is 5.81. The van der Waals surface area contributed by atoms with Crippen LogP contribution in [-0.4, -0.2) is 34.8 Å². The molecule has 1 aromatic heterocycles. The van der Waals surface area contributed by atoms with Gasteiger partial charge in [0.15, 0.2) is 18.1 Å². The monoisotopic (exact) mass is 449 g/mol. The van der Waals surface area contributed by atoms with E-state index in [0.717, 1.165) is 37.1 Å². The van der Waals surface area contributed by atoms with Gasteiger partial charge in [0, 0.05) is 19.5 Å². The van der Waals surface area contributed by atoms with Crippen LogP contribution in [0.2, 0.25) is 0 Å².